The summed E-state index contributed by atoms with van der Waals surface area (Å²) in [6, 6.07) is 8.08. The zero-order valence-electron chi connectivity index (χ0n) is 12.0. The van der Waals surface area contributed by atoms with Gasteiger partial charge >= 0.3 is 0 Å². The van der Waals surface area contributed by atoms with Crippen molar-refractivity contribution in [1.82, 2.24) is 9.88 Å². The fourth-order valence-electron chi connectivity index (χ4n) is 2.78. The number of aliphatic hydroxyl groups excluding tert-OH is 2. The van der Waals surface area contributed by atoms with E-state index >= 15 is 0 Å². The highest BCUT2D eigenvalue weighted by molar-refractivity contribution is 7.22. The summed E-state index contributed by atoms with van der Waals surface area (Å²) in [5, 5.41) is 19.7. The number of anilines is 1. The SMILES string of the molecule is OCC(CO)N1CCCN(c2nc3ccccc3s2)CC1. The molecule has 2 heterocycles. The molecule has 0 radical (unpaired) electrons. The van der Waals surface area contributed by atoms with E-state index in [0.717, 1.165) is 43.2 Å². The Morgan fingerprint density at radius 2 is 1.90 bits per heavy atom. The summed E-state index contributed by atoms with van der Waals surface area (Å²) < 4.78 is 1.22. The summed E-state index contributed by atoms with van der Waals surface area (Å²) in [7, 11) is 0. The van der Waals surface area contributed by atoms with Gasteiger partial charge in [0.2, 0.25) is 0 Å². The number of rotatable bonds is 4. The standard InChI is InChI=1S/C15H21N3O2S/c19-10-12(11-20)17-6-3-7-18(9-8-17)15-16-13-4-1-2-5-14(13)21-15/h1-2,4-5,12,19-20H,3,6-11H2. The zero-order chi connectivity index (χ0) is 14.7. The van der Waals surface area contributed by atoms with E-state index in [0.29, 0.717) is 0 Å². The van der Waals surface area contributed by atoms with Crippen LogP contribution in [0.5, 0.6) is 0 Å². The average molecular weight is 307 g/mol. The van der Waals surface area contributed by atoms with Crippen molar-refractivity contribution in [3.63, 3.8) is 0 Å². The summed E-state index contributed by atoms with van der Waals surface area (Å²) in [5.74, 6) is 0. The summed E-state index contributed by atoms with van der Waals surface area (Å²) in [6.07, 6.45) is 1.02. The van der Waals surface area contributed by atoms with Crippen molar-refractivity contribution in [3.05, 3.63) is 24.3 Å². The first-order chi connectivity index (χ1) is 10.3. The number of hydrogen-bond donors (Lipinski definition) is 2. The Morgan fingerprint density at radius 1 is 1.10 bits per heavy atom. The van der Waals surface area contributed by atoms with Gasteiger partial charge in [0.05, 0.1) is 29.5 Å². The quantitative estimate of drug-likeness (QED) is 0.888. The largest absolute Gasteiger partial charge is 0.395 e. The molecule has 0 bridgehead atoms. The first kappa shape index (κ1) is 14.7. The van der Waals surface area contributed by atoms with Crippen LogP contribution in [0, 0.1) is 0 Å². The van der Waals surface area contributed by atoms with E-state index in [1.807, 2.05) is 18.2 Å². The van der Waals surface area contributed by atoms with Gasteiger partial charge in [0.1, 0.15) is 0 Å². The van der Waals surface area contributed by atoms with E-state index < -0.39 is 0 Å². The molecule has 0 unspecified atom stereocenters. The molecule has 0 saturated carbocycles. The molecule has 1 fully saturated rings. The minimum atomic E-state index is -0.139. The molecule has 6 heteroatoms. The molecule has 21 heavy (non-hydrogen) atoms. The van der Waals surface area contributed by atoms with Crippen LogP contribution in [0.2, 0.25) is 0 Å². The molecule has 114 valence electrons. The minimum Gasteiger partial charge on any atom is -0.395 e. The third-order valence-corrected chi connectivity index (χ3v) is 5.12. The van der Waals surface area contributed by atoms with Crippen LogP contribution >= 0.6 is 11.3 Å². The number of para-hydroxylation sites is 1. The Hall–Kier alpha value is -1.21. The highest BCUT2D eigenvalue weighted by Gasteiger charge is 2.22. The van der Waals surface area contributed by atoms with E-state index in [4.69, 9.17) is 4.98 Å². The predicted molar refractivity (Wildman–Crippen MR) is 86.0 cm³/mol. The number of fused-ring (bicyclic) bond motifs is 1. The highest BCUT2D eigenvalue weighted by Crippen LogP contribution is 2.29. The Morgan fingerprint density at radius 3 is 2.67 bits per heavy atom. The molecule has 2 N–H and O–H groups in total. The Bertz CT molecular complexity index is 552. The molecule has 1 saturated heterocycles. The number of hydrogen-bond acceptors (Lipinski definition) is 6. The third kappa shape index (κ3) is 3.18. The Kier molecular flexibility index (Phi) is 4.70. The van der Waals surface area contributed by atoms with Crippen LogP contribution in [-0.4, -0.2) is 65.5 Å². The van der Waals surface area contributed by atoms with Crippen molar-refractivity contribution >= 4 is 26.7 Å². The number of aliphatic hydroxyl groups is 2. The first-order valence-electron chi connectivity index (χ1n) is 7.38. The average Bonchev–Trinajstić information content (AvgIpc) is 2.80. The van der Waals surface area contributed by atoms with E-state index in [2.05, 4.69) is 15.9 Å². The van der Waals surface area contributed by atoms with Crippen LogP contribution in [0.4, 0.5) is 5.13 Å². The van der Waals surface area contributed by atoms with Crippen LogP contribution in [0.15, 0.2) is 24.3 Å². The molecule has 1 aliphatic rings. The highest BCUT2D eigenvalue weighted by atomic mass is 32.1. The fourth-order valence-corrected chi connectivity index (χ4v) is 3.80. The van der Waals surface area contributed by atoms with Gasteiger partial charge in [-0.2, -0.15) is 0 Å². The first-order valence-corrected chi connectivity index (χ1v) is 8.19. The van der Waals surface area contributed by atoms with Crippen LogP contribution in [0.3, 0.4) is 0 Å². The van der Waals surface area contributed by atoms with E-state index in [-0.39, 0.29) is 19.3 Å². The maximum Gasteiger partial charge on any atom is 0.186 e. The van der Waals surface area contributed by atoms with E-state index in [9.17, 15) is 10.2 Å². The van der Waals surface area contributed by atoms with Crippen molar-refractivity contribution in [2.45, 2.75) is 12.5 Å². The van der Waals surface area contributed by atoms with Gasteiger partial charge in [-0.3, -0.25) is 4.90 Å². The van der Waals surface area contributed by atoms with E-state index in [1.165, 1.54) is 4.70 Å². The zero-order valence-corrected chi connectivity index (χ0v) is 12.8. The molecule has 2 aromatic rings. The van der Waals surface area contributed by atoms with Gasteiger partial charge in [-0.05, 0) is 18.6 Å². The summed E-state index contributed by atoms with van der Waals surface area (Å²) >= 11 is 1.73. The number of aromatic nitrogens is 1. The lowest BCUT2D eigenvalue weighted by Gasteiger charge is -2.27. The minimum absolute atomic E-state index is 0.0115. The summed E-state index contributed by atoms with van der Waals surface area (Å²) in [6.45, 7) is 3.64. The maximum absolute atomic E-state index is 9.32. The van der Waals surface area contributed by atoms with Crippen molar-refractivity contribution in [2.75, 3.05) is 44.3 Å². The van der Waals surface area contributed by atoms with Gasteiger partial charge < -0.3 is 15.1 Å². The van der Waals surface area contributed by atoms with E-state index in [1.54, 1.807) is 11.3 Å². The lowest BCUT2D eigenvalue weighted by Crippen LogP contribution is -2.42. The number of thiazole rings is 1. The molecule has 1 aliphatic heterocycles. The maximum atomic E-state index is 9.32. The second kappa shape index (κ2) is 6.70. The molecule has 3 rings (SSSR count). The number of benzene rings is 1. The van der Waals surface area contributed by atoms with Crippen LogP contribution in [0.25, 0.3) is 10.2 Å². The normalized spacial score (nSPS) is 17.6. The van der Waals surface area contributed by atoms with Crippen molar-refractivity contribution in [2.24, 2.45) is 0 Å². The van der Waals surface area contributed by atoms with Gasteiger partial charge in [-0.15, -0.1) is 0 Å². The Labute approximate surface area is 128 Å². The number of nitrogens with zero attached hydrogens (tertiary/aromatic N) is 3. The molecule has 0 aliphatic carbocycles. The second-order valence-corrected chi connectivity index (χ2v) is 6.37. The predicted octanol–water partition coefficient (Wildman–Crippen LogP) is 1.16. The summed E-state index contributed by atoms with van der Waals surface area (Å²) in [5.41, 5.74) is 1.06. The molecule has 1 aromatic carbocycles. The molecular weight excluding hydrogens is 286 g/mol. The molecule has 0 spiro atoms. The molecule has 5 nitrogen and oxygen atoms in total. The van der Waals surface area contributed by atoms with Crippen molar-refractivity contribution in [3.8, 4) is 0 Å². The van der Waals surface area contributed by atoms with Gasteiger partial charge in [0, 0.05) is 26.2 Å². The van der Waals surface area contributed by atoms with Crippen molar-refractivity contribution < 1.29 is 10.2 Å². The smallest absolute Gasteiger partial charge is 0.186 e. The molecule has 1 aromatic heterocycles. The van der Waals surface area contributed by atoms with Crippen LogP contribution in [-0.2, 0) is 0 Å². The van der Waals surface area contributed by atoms with Crippen molar-refractivity contribution in [1.29, 1.82) is 0 Å². The topological polar surface area (TPSA) is 59.8 Å². The third-order valence-electron chi connectivity index (χ3n) is 4.02. The van der Waals surface area contributed by atoms with Gasteiger partial charge in [0.15, 0.2) is 5.13 Å². The van der Waals surface area contributed by atoms with Crippen LogP contribution in [0.1, 0.15) is 6.42 Å². The molecule has 0 amide bonds. The van der Waals surface area contributed by atoms with Gasteiger partial charge in [-0.25, -0.2) is 4.98 Å². The van der Waals surface area contributed by atoms with Gasteiger partial charge in [0.25, 0.3) is 0 Å². The Balaban J connectivity index is 1.72. The molecular formula is C15H21N3O2S. The van der Waals surface area contributed by atoms with Gasteiger partial charge in [-0.1, -0.05) is 23.5 Å². The summed E-state index contributed by atoms with van der Waals surface area (Å²) in [4.78, 5) is 9.21. The monoisotopic (exact) mass is 307 g/mol. The fraction of sp³-hybridized carbons (Fsp3) is 0.533. The second-order valence-electron chi connectivity index (χ2n) is 5.36. The lowest BCUT2D eigenvalue weighted by molar-refractivity contribution is 0.0787. The van der Waals surface area contributed by atoms with Crippen LogP contribution < -0.4 is 4.90 Å². The lowest BCUT2D eigenvalue weighted by atomic mass is 10.2. The molecule has 0 atom stereocenters.